The zero-order chi connectivity index (χ0) is 19.1. The highest BCUT2D eigenvalue weighted by Gasteiger charge is 2.34. The van der Waals surface area contributed by atoms with E-state index < -0.39 is 0 Å². The second-order valence-corrected chi connectivity index (χ2v) is 8.40. The van der Waals surface area contributed by atoms with Crippen molar-refractivity contribution in [3.63, 3.8) is 0 Å². The van der Waals surface area contributed by atoms with Crippen LogP contribution in [-0.4, -0.2) is 48.4 Å². The van der Waals surface area contributed by atoms with Crippen LogP contribution in [0.1, 0.15) is 52.9 Å². The lowest BCUT2D eigenvalue weighted by Gasteiger charge is -2.35. The number of benzene rings is 1. The summed E-state index contributed by atoms with van der Waals surface area (Å²) in [6.07, 6.45) is 6.14. The van der Waals surface area contributed by atoms with Gasteiger partial charge in [0.15, 0.2) is 6.29 Å². The Morgan fingerprint density at radius 1 is 1.14 bits per heavy atom. The Morgan fingerprint density at radius 3 is 2.82 bits per heavy atom. The Morgan fingerprint density at radius 2 is 1.96 bits per heavy atom. The molecule has 28 heavy (non-hydrogen) atoms. The van der Waals surface area contributed by atoms with Gasteiger partial charge in [0.05, 0.1) is 24.3 Å². The molecule has 3 aliphatic rings. The van der Waals surface area contributed by atoms with Crippen LogP contribution < -0.4 is 0 Å². The smallest absolute Gasteiger partial charge is 0.254 e. The number of piperidine rings is 1. The van der Waals surface area contributed by atoms with Crippen molar-refractivity contribution in [3.05, 3.63) is 40.6 Å². The Labute approximate surface area is 166 Å². The van der Waals surface area contributed by atoms with Gasteiger partial charge in [0.1, 0.15) is 0 Å². The Kier molecular flexibility index (Phi) is 4.81. The Balaban J connectivity index is 1.53. The van der Waals surface area contributed by atoms with Crippen molar-refractivity contribution in [1.29, 1.82) is 0 Å². The third kappa shape index (κ3) is 3.20. The summed E-state index contributed by atoms with van der Waals surface area (Å²) in [5, 5.41) is 1.01. The molecule has 5 nitrogen and oxygen atoms in total. The summed E-state index contributed by atoms with van der Waals surface area (Å²) >= 11 is 0. The summed E-state index contributed by atoms with van der Waals surface area (Å²) in [6, 6.07) is 6.29. The summed E-state index contributed by atoms with van der Waals surface area (Å²) in [5.41, 5.74) is 5.33. The molecule has 1 amide bonds. The summed E-state index contributed by atoms with van der Waals surface area (Å²) in [4.78, 5) is 20.7. The highest BCUT2D eigenvalue weighted by molar-refractivity contribution is 6.08. The zero-order valence-corrected chi connectivity index (χ0v) is 16.6. The maximum absolute atomic E-state index is 13.8. The van der Waals surface area contributed by atoms with E-state index in [2.05, 4.69) is 25.1 Å². The molecule has 2 fully saturated rings. The fraction of sp³-hybridized carbons (Fsp3) is 0.565. The predicted octanol–water partition coefficient (Wildman–Crippen LogP) is 3.65. The standard InChI is InChI=1S/C23H28N2O3/c1-15-8-9-20-18(13-15)21(17-6-2-3-7-19(17)24-20)22(26)25-10-4-5-16(14-25)23-27-11-12-28-23/h8-9,13,16,23H,2-7,10-12,14H2,1H3. The number of likely N-dealkylation sites (tertiary alicyclic amines) is 1. The van der Waals surface area contributed by atoms with Crippen LogP contribution in [0.15, 0.2) is 18.2 Å². The van der Waals surface area contributed by atoms with Gasteiger partial charge in [-0.3, -0.25) is 9.78 Å². The van der Waals surface area contributed by atoms with E-state index >= 15 is 0 Å². The highest BCUT2D eigenvalue weighted by atomic mass is 16.7. The molecule has 1 unspecified atom stereocenters. The first kappa shape index (κ1) is 18.1. The second-order valence-electron chi connectivity index (χ2n) is 8.40. The van der Waals surface area contributed by atoms with Crippen molar-refractivity contribution in [3.8, 4) is 0 Å². The molecule has 0 N–H and O–H groups in total. The van der Waals surface area contributed by atoms with Gasteiger partial charge in [-0.2, -0.15) is 0 Å². The first-order valence-corrected chi connectivity index (χ1v) is 10.7. The topological polar surface area (TPSA) is 51.7 Å². The quantitative estimate of drug-likeness (QED) is 0.798. The van der Waals surface area contributed by atoms with E-state index in [-0.39, 0.29) is 18.1 Å². The molecule has 2 aromatic rings. The summed E-state index contributed by atoms with van der Waals surface area (Å²) in [5.74, 6) is 0.435. The van der Waals surface area contributed by atoms with Gasteiger partial charge in [-0.1, -0.05) is 11.6 Å². The zero-order valence-electron chi connectivity index (χ0n) is 16.6. The molecule has 148 valence electrons. The van der Waals surface area contributed by atoms with Gasteiger partial charge in [-0.25, -0.2) is 0 Å². The van der Waals surface area contributed by atoms with Crippen LogP contribution in [0, 0.1) is 12.8 Å². The number of carbonyl (C=O) groups is 1. The van der Waals surface area contributed by atoms with Crippen LogP contribution in [0.4, 0.5) is 0 Å². The van der Waals surface area contributed by atoms with Gasteiger partial charge in [-0.15, -0.1) is 0 Å². The van der Waals surface area contributed by atoms with Crippen LogP contribution in [-0.2, 0) is 22.3 Å². The lowest BCUT2D eigenvalue weighted by molar-refractivity contribution is -0.0969. The number of rotatable bonds is 2. The van der Waals surface area contributed by atoms with Crippen LogP contribution in [0.5, 0.6) is 0 Å². The van der Waals surface area contributed by atoms with Gasteiger partial charge in [0, 0.05) is 30.1 Å². The molecule has 3 heterocycles. The van der Waals surface area contributed by atoms with Crippen LogP contribution in [0.2, 0.25) is 0 Å². The molecule has 0 bridgehead atoms. The van der Waals surface area contributed by atoms with Gasteiger partial charge in [-0.05, 0) is 63.1 Å². The average Bonchev–Trinajstić information content (AvgIpc) is 3.27. The van der Waals surface area contributed by atoms with E-state index in [1.54, 1.807) is 0 Å². The largest absolute Gasteiger partial charge is 0.350 e. The van der Waals surface area contributed by atoms with Crippen molar-refractivity contribution in [1.82, 2.24) is 9.88 Å². The van der Waals surface area contributed by atoms with Crippen LogP contribution in [0.3, 0.4) is 0 Å². The molecule has 0 radical (unpaired) electrons. The van der Waals surface area contributed by atoms with E-state index in [0.717, 1.165) is 67.2 Å². The van der Waals surface area contributed by atoms with Crippen molar-refractivity contribution in [2.75, 3.05) is 26.3 Å². The maximum atomic E-state index is 13.8. The van der Waals surface area contributed by atoms with E-state index in [1.807, 2.05) is 4.90 Å². The minimum atomic E-state index is -0.152. The number of amides is 1. The fourth-order valence-corrected chi connectivity index (χ4v) is 5.01. The third-order valence-corrected chi connectivity index (χ3v) is 6.41. The molecule has 1 aromatic heterocycles. The van der Waals surface area contributed by atoms with Crippen molar-refractivity contribution >= 4 is 16.8 Å². The summed E-state index contributed by atoms with van der Waals surface area (Å²) < 4.78 is 11.5. The number of aromatic nitrogens is 1. The highest BCUT2D eigenvalue weighted by Crippen LogP contribution is 2.33. The number of pyridine rings is 1. The van der Waals surface area contributed by atoms with E-state index in [1.165, 1.54) is 11.1 Å². The van der Waals surface area contributed by atoms with Crippen molar-refractivity contribution < 1.29 is 14.3 Å². The van der Waals surface area contributed by atoms with E-state index in [9.17, 15) is 4.79 Å². The molecule has 5 rings (SSSR count). The normalized spacial score (nSPS) is 23.2. The SMILES string of the molecule is Cc1ccc2nc3c(c(C(=O)N4CCCC(C5OCCO5)C4)c2c1)CCCC3. The number of nitrogens with zero attached hydrogens (tertiary/aromatic N) is 2. The van der Waals surface area contributed by atoms with Gasteiger partial charge in [0.25, 0.3) is 5.91 Å². The number of aryl methyl sites for hydroxylation is 2. The number of hydrogen-bond donors (Lipinski definition) is 0. The maximum Gasteiger partial charge on any atom is 0.254 e. The lowest BCUT2D eigenvalue weighted by Crippen LogP contribution is -2.44. The van der Waals surface area contributed by atoms with Gasteiger partial charge < -0.3 is 14.4 Å². The molecule has 5 heteroatoms. The molecule has 1 aliphatic carbocycles. The number of ether oxygens (including phenoxy) is 2. The molecule has 0 spiro atoms. The number of fused-ring (bicyclic) bond motifs is 2. The Bertz CT molecular complexity index is 904. The summed E-state index contributed by atoms with van der Waals surface area (Å²) in [7, 11) is 0. The number of carbonyl (C=O) groups excluding carboxylic acids is 1. The summed E-state index contributed by atoms with van der Waals surface area (Å²) in [6.45, 7) is 4.94. The first-order valence-electron chi connectivity index (χ1n) is 10.7. The van der Waals surface area contributed by atoms with Crippen LogP contribution in [0.25, 0.3) is 10.9 Å². The minimum Gasteiger partial charge on any atom is -0.350 e. The monoisotopic (exact) mass is 380 g/mol. The van der Waals surface area contributed by atoms with E-state index in [4.69, 9.17) is 14.5 Å². The molecule has 1 atom stereocenters. The molecule has 2 aliphatic heterocycles. The Hall–Kier alpha value is -1.98. The molecule has 0 saturated carbocycles. The molecular formula is C23H28N2O3. The van der Waals surface area contributed by atoms with Crippen molar-refractivity contribution in [2.24, 2.45) is 5.92 Å². The molecular weight excluding hydrogens is 352 g/mol. The predicted molar refractivity (Wildman–Crippen MR) is 107 cm³/mol. The third-order valence-electron chi connectivity index (χ3n) is 6.41. The average molecular weight is 380 g/mol. The van der Waals surface area contributed by atoms with Crippen LogP contribution >= 0.6 is 0 Å². The minimum absolute atomic E-state index is 0.152. The van der Waals surface area contributed by atoms with Gasteiger partial charge >= 0.3 is 0 Å². The lowest BCUT2D eigenvalue weighted by atomic mass is 9.88. The first-order chi connectivity index (χ1) is 13.7. The van der Waals surface area contributed by atoms with Gasteiger partial charge in [0.2, 0.25) is 0 Å². The molecule has 2 saturated heterocycles. The number of hydrogen-bond acceptors (Lipinski definition) is 4. The second kappa shape index (κ2) is 7.45. The fourth-order valence-electron chi connectivity index (χ4n) is 5.01. The van der Waals surface area contributed by atoms with Crippen molar-refractivity contribution in [2.45, 2.75) is 51.7 Å². The molecule has 1 aromatic carbocycles. The van der Waals surface area contributed by atoms with E-state index in [0.29, 0.717) is 19.8 Å².